The van der Waals surface area contributed by atoms with E-state index in [2.05, 4.69) is 16.0 Å². The highest BCUT2D eigenvalue weighted by Gasteiger charge is 2.31. The number of nitrogens with one attached hydrogen (secondary N) is 3. The minimum atomic E-state index is -0.525. The lowest BCUT2D eigenvalue weighted by molar-refractivity contribution is -0.126. The molecule has 3 rings (SSSR count). The van der Waals surface area contributed by atoms with Crippen molar-refractivity contribution < 1.29 is 18.8 Å². The lowest BCUT2D eigenvalue weighted by Gasteiger charge is -2.23. The van der Waals surface area contributed by atoms with E-state index in [0.29, 0.717) is 11.4 Å². The monoisotopic (exact) mass is 369 g/mol. The van der Waals surface area contributed by atoms with Crippen molar-refractivity contribution in [3.63, 3.8) is 0 Å². The van der Waals surface area contributed by atoms with Gasteiger partial charge in [-0.15, -0.1) is 0 Å². The summed E-state index contributed by atoms with van der Waals surface area (Å²) in [6.45, 7) is 1.42. The summed E-state index contributed by atoms with van der Waals surface area (Å²) >= 11 is 0. The molecular weight excluding hydrogens is 346 g/mol. The number of carbonyl (C=O) groups excluding carboxylic acids is 3. The number of amides is 3. The maximum absolute atomic E-state index is 12.6. The third kappa shape index (κ3) is 4.97. The smallest absolute Gasteiger partial charge is 0.291 e. The molecule has 27 heavy (non-hydrogen) atoms. The van der Waals surface area contributed by atoms with E-state index in [1.165, 1.54) is 13.2 Å². The molecule has 0 bridgehead atoms. The zero-order valence-electron chi connectivity index (χ0n) is 15.2. The van der Waals surface area contributed by atoms with Gasteiger partial charge in [-0.2, -0.15) is 0 Å². The van der Waals surface area contributed by atoms with E-state index in [-0.39, 0.29) is 29.4 Å². The van der Waals surface area contributed by atoms with Crippen LogP contribution >= 0.6 is 0 Å². The molecule has 3 amide bonds. The van der Waals surface area contributed by atoms with Crippen LogP contribution in [-0.2, 0) is 9.59 Å². The topological polar surface area (TPSA) is 100 Å². The van der Waals surface area contributed by atoms with E-state index >= 15 is 0 Å². The van der Waals surface area contributed by atoms with Crippen molar-refractivity contribution in [1.82, 2.24) is 5.32 Å². The number of hydrogen-bond donors (Lipinski definition) is 3. The molecule has 1 aliphatic rings. The van der Waals surface area contributed by atoms with Gasteiger partial charge >= 0.3 is 0 Å². The molecule has 1 fully saturated rings. The fraction of sp³-hybridized carbons (Fsp3) is 0.350. The third-order valence-electron chi connectivity index (χ3n) is 4.67. The number of hydrogen-bond acceptors (Lipinski definition) is 4. The van der Waals surface area contributed by atoms with E-state index < -0.39 is 6.04 Å². The fourth-order valence-electron chi connectivity index (χ4n) is 3.36. The molecular formula is C20H23N3O4. The van der Waals surface area contributed by atoms with Crippen LogP contribution in [0.2, 0.25) is 0 Å². The van der Waals surface area contributed by atoms with Crippen LogP contribution in [0.25, 0.3) is 0 Å². The maximum Gasteiger partial charge on any atom is 0.291 e. The number of rotatable bonds is 6. The molecule has 1 aromatic heterocycles. The Balaban J connectivity index is 1.61. The standard InChI is InChI=1S/C20H23N3O4/c1-13(24)21-18(14-5-2-3-6-14)20(26)23-16-10-8-15(9-11-16)22-19(25)17-7-4-12-27-17/h4,7-12,14,18H,2-3,5-6H2,1H3,(H,21,24)(H,22,25)(H,23,26). The van der Waals surface area contributed by atoms with Crippen LogP contribution in [-0.4, -0.2) is 23.8 Å². The van der Waals surface area contributed by atoms with Gasteiger partial charge in [0.1, 0.15) is 6.04 Å². The van der Waals surface area contributed by atoms with Gasteiger partial charge < -0.3 is 20.4 Å². The molecule has 1 aromatic carbocycles. The first-order valence-electron chi connectivity index (χ1n) is 9.06. The van der Waals surface area contributed by atoms with Crippen LogP contribution in [0.3, 0.4) is 0 Å². The van der Waals surface area contributed by atoms with Crippen LogP contribution in [0.15, 0.2) is 47.1 Å². The van der Waals surface area contributed by atoms with Crippen molar-refractivity contribution in [2.24, 2.45) is 5.92 Å². The van der Waals surface area contributed by atoms with Crippen molar-refractivity contribution >= 4 is 29.1 Å². The molecule has 0 saturated heterocycles. The summed E-state index contributed by atoms with van der Waals surface area (Å²) in [5, 5.41) is 8.34. The quantitative estimate of drug-likeness (QED) is 0.728. The predicted molar refractivity (Wildman–Crippen MR) is 101 cm³/mol. The average molecular weight is 369 g/mol. The third-order valence-corrected chi connectivity index (χ3v) is 4.67. The lowest BCUT2D eigenvalue weighted by Crippen LogP contribution is -2.47. The molecule has 0 spiro atoms. The van der Waals surface area contributed by atoms with Crippen molar-refractivity contribution in [3.8, 4) is 0 Å². The molecule has 1 heterocycles. The van der Waals surface area contributed by atoms with Gasteiger partial charge in [0.2, 0.25) is 11.8 Å². The van der Waals surface area contributed by atoms with E-state index in [1.807, 2.05) is 0 Å². The second-order valence-electron chi connectivity index (χ2n) is 6.72. The first-order chi connectivity index (χ1) is 13.0. The van der Waals surface area contributed by atoms with Gasteiger partial charge in [0.25, 0.3) is 5.91 Å². The van der Waals surface area contributed by atoms with Gasteiger partial charge in [0, 0.05) is 18.3 Å². The molecule has 1 aliphatic carbocycles. The Kier molecular flexibility index (Phi) is 5.90. The highest BCUT2D eigenvalue weighted by atomic mass is 16.3. The van der Waals surface area contributed by atoms with E-state index in [9.17, 15) is 14.4 Å². The second-order valence-corrected chi connectivity index (χ2v) is 6.72. The van der Waals surface area contributed by atoms with Gasteiger partial charge in [0.05, 0.1) is 6.26 Å². The van der Waals surface area contributed by atoms with E-state index in [4.69, 9.17) is 4.42 Å². The Morgan fingerprint density at radius 2 is 1.63 bits per heavy atom. The van der Waals surface area contributed by atoms with E-state index in [1.54, 1.807) is 36.4 Å². The second kappa shape index (κ2) is 8.53. The zero-order chi connectivity index (χ0) is 19.2. The molecule has 2 aromatic rings. The Labute approximate surface area is 157 Å². The highest BCUT2D eigenvalue weighted by molar-refractivity contribution is 6.02. The predicted octanol–water partition coefficient (Wildman–Crippen LogP) is 3.17. The number of benzene rings is 1. The molecule has 0 aliphatic heterocycles. The van der Waals surface area contributed by atoms with Crippen LogP contribution in [0.5, 0.6) is 0 Å². The zero-order valence-corrected chi connectivity index (χ0v) is 15.2. The number of carbonyl (C=O) groups is 3. The van der Waals surface area contributed by atoms with Crippen LogP contribution in [0.4, 0.5) is 11.4 Å². The van der Waals surface area contributed by atoms with E-state index in [0.717, 1.165) is 25.7 Å². The highest BCUT2D eigenvalue weighted by Crippen LogP contribution is 2.28. The molecule has 1 saturated carbocycles. The number of anilines is 2. The van der Waals surface area contributed by atoms with Crippen LogP contribution in [0, 0.1) is 5.92 Å². The first-order valence-corrected chi connectivity index (χ1v) is 9.06. The van der Waals surface area contributed by atoms with Crippen LogP contribution in [0.1, 0.15) is 43.2 Å². The molecule has 7 heteroatoms. The van der Waals surface area contributed by atoms with Gasteiger partial charge in [0.15, 0.2) is 5.76 Å². The van der Waals surface area contributed by atoms with Crippen molar-refractivity contribution in [2.45, 2.75) is 38.6 Å². The summed E-state index contributed by atoms with van der Waals surface area (Å²) in [4.78, 5) is 36.1. The Bertz CT molecular complexity index is 793. The molecule has 142 valence electrons. The molecule has 3 N–H and O–H groups in total. The average Bonchev–Trinajstić information content (AvgIpc) is 3.35. The molecule has 7 nitrogen and oxygen atoms in total. The summed E-state index contributed by atoms with van der Waals surface area (Å²) < 4.78 is 5.05. The number of furan rings is 1. The van der Waals surface area contributed by atoms with Gasteiger partial charge in [-0.05, 0) is 55.2 Å². The fourth-order valence-corrected chi connectivity index (χ4v) is 3.36. The molecule has 1 unspecified atom stereocenters. The lowest BCUT2D eigenvalue weighted by atomic mass is 9.97. The van der Waals surface area contributed by atoms with Crippen molar-refractivity contribution in [2.75, 3.05) is 10.6 Å². The summed E-state index contributed by atoms with van der Waals surface area (Å²) in [7, 11) is 0. The largest absolute Gasteiger partial charge is 0.459 e. The summed E-state index contributed by atoms with van der Waals surface area (Å²) in [6, 6.07) is 9.49. The SMILES string of the molecule is CC(=O)NC(C(=O)Nc1ccc(NC(=O)c2ccco2)cc1)C1CCCC1. The summed E-state index contributed by atoms with van der Waals surface area (Å²) in [5.74, 6) is -0.380. The summed E-state index contributed by atoms with van der Waals surface area (Å²) in [5.41, 5.74) is 1.19. The minimum absolute atomic E-state index is 0.167. The first kappa shape index (κ1) is 18.7. The van der Waals surface area contributed by atoms with Crippen molar-refractivity contribution in [3.05, 3.63) is 48.4 Å². The Morgan fingerprint density at radius 3 is 2.19 bits per heavy atom. The van der Waals surface area contributed by atoms with Crippen LogP contribution < -0.4 is 16.0 Å². The summed E-state index contributed by atoms with van der Waals surface area (Å²) in [6.07, 6.45) is 5.48. The Morgan fingerprint density at radius 1 is 1.00 bits per heavy atom. The van der Waals surface area contributed by atoms with Gasteiger partial charge in [-0.3, -0.25) is 14.4 Å². The van der Waals surface area contributed by atoms with Gasteiger partial charge in [-0.1, -0.05) is 12.8 Å². The minimum Gasteiger partial charge on any atom is -0.459 e. The Hall–Kier alpha value is -3.09. The molecule has 0 radical (unpaired) electrons. The van der Waals surface area contributed by atoms with Crippen molar-refractivity contribution in [1.29, 1.82) is 0 Å². The maximum atomic E-state index is 12.6. The normalized spacial score (nSPS) is 15.1. The molecule has 1 atom stereocenters. The van der Waals surface area contributed by atoms with Gasteiger partial charge in [-0.25, -0.2) is 0 Å².